The van der Waals surface area contributed by atoms with E-state index in [2.05, 4.69) is 15.0 Å². The molecule has 0 spiro atoms. The summed E-state index contributed by atoms with van der Waals surface area (Å²) in [5, 5.41) is 4.12. The largest absolute Gasteiger partial charge is 0.502 e. The van der Waals surface area contributed by atoms with Crippen molar-refractivity contribution in [3.05, 3.63) is 65.0 Å². The molecule has 1 N–H and O–H groups in total. The van der Waals surface area contributed by atoms with Gasteiger partial charge in [0.05, 0.1) is 12.7 Å². The molecule has 2 aromatic carbocycles. The minimum absolute atomic E-state index is 0.0496. The lowest BCUT2D eigenvalue weighted by Crippen LogP contribution is -2.09. The molecule has 170 valence electrons. The summed E-state index contributed by atoms with van der Waals surface area (Å²) in [7, 11) is -0.969. The van der Waals surface area contributed by atoms with E-state index in [1.165, 1.54) is 14.1 Å². The monoisotopic (exact) mass is 466 g/mol. The fourth-order valence-electron chi connectivity index (χ4n) is 3.39. The van der Waals surface area contributed by atoms with E-state index in [4.69, 9.17) is 20.4 Å². The molecule has 0 saturated carbocycles. The molecule has 4 rings (SSSR count). The predicted molar refractivity (Wildman–Crippen MR) is 123 cm³/mol. The van der Waals surface area contributed by atoms with Gasteiger partial charge in [0.15, 0.2) is 0 Å². The molecule has 10 heteroatoms. The van der Waals surface area contributed by atoms with Crippen LogP contribution in [0.4, 0.5) is 5.69 Å². The van der Waals surface area contributed by atoms with Gasteiger partial charge in [-0.2, -0.15) is 4.98 Å². The molecule has 0 saturated heterocycles. The second kappa shape index (κ2) is 8.83. The zero-order valence-electron chi connectivity index (χ0n) is 18.6. The smallest absolute Gasteiger partial charge is 0.458 e. The molecule has 1 aliphatic carbocycles. The Morgan fingerprint density at radius 1 is 1.24 bits per heavy atom. The van der Waals surface area contributed by atoms with Crippen LogP contribution in [0, 0.1) is 6.57 Å². The van der Waals surface area contributed by atoms with E-state index in [1.807, 2.05) is 26.0 Å². The molecular weight excluding hydrogens is 443 g/mol. The second-order valence-electron chi connectivity index (χ2n) is 7.92. The van der Waals surface area contributed by atoms with Gasteiger partial charge in [-0.15, -0.1) is 0 Å². The highest BCUT2D eigenvalue weighted by atomic mass is 31.2. The van der Waals surface area contributed by atoms with Crippen molar-refractivity contribution in [1.29, 1.82) is 0 Å². The van der Waals surface area contributed by atoms with Crippen LogP contribution in [0.15, 0.2) is 47.0 Å². The summed E-state index contributed by atoms with van der Waals surface area (Å²) in [5.41, 5.74) is 3.29. The Morgan fingerprint density at radius 2 is 2.00 bits per heavy atom. The average molecular weight is 466 g/mol. The van der Waals surface area contributed by atoms with Crippen LogP contribution in [-0.4, -0.2) is 39.9 Å². The van der Waals surface area contributed by atoms with Gasteiger partial charge in [0.25, 0.3) is 5.89 Å². The molecule has 0 amide bonds. The van der Waals surface area contributed by atoms with E-state index in [-0.39, 0.29) is 12.0 Å². The summed E-state index contributed by atoms with van der Waals surface area (Å²) >= 11 is 0. The van der Waals surface area contributed by atoms with Crippen molar-refractivity contribution in [2.75, 3.05) is 14.1 Å². The van der Waals surface area contributed by atoms with Crippen molar-refractivity contribution in [2.45, 2.75) is 26.4 Å². The predicted octanol–water partition coefficient (Wildman–Crippen LogP) is 5.32. The minimum Gasteiger partial charge on any atom is -0.502 e. The highest BCUT2D eigenvalue weighted by Crippen LogP contribution is 2.50. The van der Waals surface area contributed by atoms with Gasteiger partial charge < -0.3 is 18.7 Å². The van der Waals surface area contributed by atoms with E-state index in [0.717, 1.165) is 15.8 Å². The van der Waals surface area contributed by atoms with E-state index in [0.29, 0.717) is 40.6 Å². The van der Waals surface area contributed by atoms with Crippen LogP contribution in [0.25, 0.3) is 33.4 Å². The van der Waals surface area contributed by atoms with Crippen molar-refractivity contribution < 1.29 is 23.2 Å². The van der Waals surface area contributed by atoms with Gasteiger partial charge in [0.2, 0.25) is 11.5 Å². The zero-order valence-corrected chi connectivity index (χ0v) is 19.5. The lowest BCUT2D eigenvalue weighted by Gasteiger charge is -2.19. The first-order chi connectivity index (χ1) is 15.7. The highest BCUT2D eigenvalue weighted by Gasteiger charge is 2.30. The third kappa shape index (κ3) is 4.55. The average Bonchev–Trinajstić information content (AvgIpc) is 3.41. The topological polar surface area (TPSA) is 102 Å². The fourth-order valence-corrected chi connectivity index (χ4v) is 3.98. The van der Waals surface area contributed by atoms with Crippen molar-refractivity contribution >= 4 is 19.2 Å². The summed E-state index contributed by atoms with van der Waals surface area (Å²) in [5.74, 6) is 1.50. The third-order valence-corrected chi connectivity index (χ3v) is 6.46. The number of allylic oxidation sites excluding steroid dienone is 1. The number of benzene rings is 2. The Labute approximate surface area is 191 Å². The first-order valence-electron chi connectivity index (χ1n) is 10.2. The van der Waals surface area contributed by atoms with Crippen LogP contribution in [-0.2, 0) is 15.5 Å². The Kier molecular flexibility index (Phi) is 6.09. The number of aromatic nitrogens is 2. The van der Waals surface area contributed by atoms with Crippen molar-refractivity contribution in [2.24, 2.45) is 0 Å². The summed E-state index contributed by atoms with van der Waals surface area (Å²) in [6.45, 7) is 11.2. The van der Waals surface area contributed by atoms with Gasteiger partial charge in [-0.25, -0.2) is 14.1 Å². The molecule has 0 aliphatic heterocycles. The summed E-state index contributed by atoms with van der Waals surface area (Å²) in [4.78, 5) is 18.1. The van der Waals surface area contributed by atoms with Crippen molar-refractivity contribution in [3.63, 3.8) is 0 Å². The lowest BCUT2D eigenvalue weighted by molar-refractivity contribution is 0.244. The van der Waals surface area contributed by atoms with Crippen molar-refractivity contribution in [3.8, 4) is 28.6 Å². The second-order valence-corrected chi connectivity index (χ2v) is 9.88. The molecule has 1 heterocycles. The van der Waals surface area contributed by atoms with Crippen LogP contribution in [0.1, 0.15) is 25.0 Å². The number of hydrogen-bond donors (Lipinski definition) is 1. The molecule has 1 atom stereocenters. The van der Waals surface area contributed by atoms with E-state index < -0.39 is 7.75 Å². The van der Waals surface area contributed by atoms with E-state index in [9.17, 15) is 9.46 Å². The third-order valence-electron chi connectivity index (χ3n) is 5.01. The standard InChI is InChI=1S/C23H23N4O5P/c1-14(2)30-21-11-9-15(13-19(21)24-3)23-25-22(26-31-23)18-8-6-7-17-16(18)10-12-20(17)32-33(28,29)27(4)5/h6-9,11-14H,10H2,1-2,4-5H3,(H,28,29). The molecule has 3 aromatic rings. The summed E-state index contributed by atoms with van der Waals surface area (Å²) in [6.07, 6.45) is 2.21. The molecular formula is C23H23N4O5P. The molecule has 0 bridgehead atoms. The Morgan fingerprint density at radius 3 is 2.70 bits per heavy atom. The quantitative estimate of drug-likeness (QED) is 0.369. The van der Waals surface area contributed by atoms with Gasteiger partial charge in [-0.3, -0.25) is 0 Å². The van der Waals surface area contributed by atoms with Gasteiger partial charge in [0, 0.05) is 16.7 Å². The minimum atomic E-state index is -3.93. The van der Waals surface area contributed by atoms with Crippen LogP contribution in [0.3, 0.4) is 0 Å². The van der Waals surface area contributed by atoms with E-state index in [1.54, 1.807) is 30.3 Å². The number of nitrogens with zero attached hydrogens (tertiary/aromatic N) is 4. The first kappa shape index (κ1) is 22.7. The van der Waals surface area contributed by atoms with Gasteiger partial charge in [-0.1, -0.05) is 23.4 Å². The fraction of sp³-hybridized carbons (Fsp3) is 0.261. The zero-order chi connectivity index (χ0) is 23.8. The molecule has 1 aliphatic rings. The number of hydrogen-bond acceptors (Lipinski definition) is 6. The Bertz CT molecular complexity index is 1320. The highest BCUT2D eigenvalue weighted by molar-refractivity contribution is 7.50. The van der Waals surface area contributed by atoms with Crippen molar-refractivity contribution in [1.82, 2.24) is 14.8 Å². The number of rotatable bonds is 7. The maximum absolute atomic E-state index is 12.3. The molecule has 9 nitrogen and oxygen atoms in total. The number of fused-ring (bicyclic) bond motifs is 1. The summed E-state index contributed by atoms with van der Waals surface area (Å²) < 4.78 is 30.0. The van der Waals surface area contributed by atoms with Crippen LogP contribution >= 0.6 is 7.75 Å². The molecule has 0 radical (unpaired) electrons. The van der Waals surface area contributed by atoms with Gasteiger partial charge >= 0.3 is 7.75 Å². The molecule has 1 unspecified atom stereocenters. The summed E-state index contributed by atoms with van der Waals surface area (Å²) in [6, 6.07) is 10.6. The van der Waals surface area contributed by atoms with Crippen LogP contribution in [0.2, 0.25) is 0 Å². The first-order valence-corrected chi connectivity index (χ1v) is 11.8. The normalized spacial score (nSPS) is 14.5. The maximum atomic E-state index is 12.3. The molecule has 0 fully saturated rings. The Balaban J connectivity index is 1.64. The Hall–Kier alpha value is -3.44. The van der Waals surface area contributed by atoms with Crippen LogP contribution in [0.5, 0.6) is 5.75 Å². The SMILES string of the molecule is [C-]#[N+]c1cc(-c2nc(-c3cccc4c3CC=C4OP(=O)(O)N(C)C)no2)ccc1OC(C)C. The lowest BCUT2D eigenvalue weighted by atomic mass is 10.0. The molecule has 33 heavy (non-hydrogen) atoms. The van der Waals surface area contributed by atoms with Gasteiger partial charge in [0.1, 0.15) is 11.5 Å². The molecule has 1 aromatic heterocycles. The number of ether oxygens (including phenoxy) is 1. The maximum Gasteiger partial charge on any atom is 0.458 e. The van der Waals surface area contributed by atoms with Gasteiger partial charge in [-0.05, 0) is 64.2 Å². The van der Waals surface area contributed by atoms with Crippen LogP contribution < -0.4 is 4.74 Å². The van der Waals surface area contributed by atoms with E-state index >= 15 is 0 Å².